The Hall–Kier alpha value is -1.70. The average molecular weight is 419 g/mol. The van der Waals surface area contributed by atoms with E-state index in [1.807, 2.05) is 0 Å². The summed E-state index contributed by atoms with van der Waals surface area (Å²) < 4.78 is 33.4. The number of amides is 2. The Labute approximate surface area is 153 Å². The molecule has 1 aromatic carbocycles. The van der Waals surface area contributed by atoms with Gasteiger partial charge in [-0.25, -0.2) is 13.6 Å². The number of hydrogen-bond donors (Lipinski definition) is 1. The topological polar surface area (TPSA) is 58.6 Å². The molecule has 1 N–H and O–H groups in total. The monoisotopic (exact) mass is 418 g/mol. The van der Waals surface area contributed by atoms with Crippen LogP contribution in [0.2, 0.25) is 0 Å². The molecule has 0 radical (unpaired) electrons. The summed E-state index contributed by atoms with van der Waals surface area (Å²) in [6, 6.07) is 3.41. The largest absolute Gasteiger partial charge is 0.444 e. The number of likely N-dealkylation sites (tertiary alicyclic amines) is 1. The van der Waals surface area contributed by atoms with Gasteiger partial charge in [0, 0.05) is 23.0 Å². The Morgan fingerprint density at radius 3 is 2.72 bits per heavy atom. The SMILES string of the molecule is CC(C)(C)OC(=O)N1C[C@H](F)C[C@H]1C(=O)NCc1cc(Br)ccc1F. The van der Waals surface area contributed by atoms with Crippen molar-refractivity contribution in [1.82, 2.24) is 10.2 Å². The number of halogens is 3. The van der Waals surface area contributed by atoms with Crippen LogP contribution in [0.5, 0.6) is 0 Å². The molecule has 1 saturated heterocycles. The van der Waals surface area contributed by atoms with E-state index in [0.717, 1.165) is 4.90 Å². The smallest absolute Gasteiger partial charge is 0.411 e. The van der Waals surface area contributed by atoms with Crippen LogP contribution >= 0.6 is 15.9 Å². The van der Waals surface area contributed by atoms with Gasteiger partial charge in [-0.2, -0.15) is 0 Å². The number of ether oxygens (including phenoxy) is 1. The maximum Gasteiger partial charge on any atom is 0.411 e. The zero-order valence-electron chi connectivity index (χ0n) is 14.3. The molecule has 1 aliphatic heterocycles. The van der Waals surface area contributed by atoms with Gasteiger partial charge in [-0.3, -0.25) is 9.69 Å². The predicted molar refractivity (Wildman–Crippen MR) is 92.2 cm³/mol. The summed E-state index contributed by atoms with van der Waals surface area (Å²) in [7, 11) is 0. The first kappa shape index (κ1) is 19.6. The number of benzene rings is 1. The van der Waals surface area contributed by atoms with Gasteiger partial charge in [0.25, 0.3) is 0 Å². The standard InChI is InChI=1S/C17H21BrF2N2O3/c1-17(2,3)25-16(24)22-9-12(19)7-14(22)15(23)21-8-10-6-11(18)4-5-13(10)20/h4-6,12,14H,7-9H2,1-3H3,(H,21,23)/t12-,14+/m1/s1. The van der Waals surface area contributed by atoms with Crippen molar-refractivity contribution in [1.29, 1.82) is 0 Å². The fourth-order valence-corrected chi connectivity index (χ4v) is 2.94. The van der Waals surface area contributed by atoms with E-state index in [9.17, 15) is 18.4 Å². The molecule has 0 aliphatic carbocycles. The molecule has 0 spiro atoms. The van der Waals surface area contributed by atoms with Crippen molar-refractivity contribution >= 4 is 27.9 Å². The third kappa shape index (κ3) is 5.39. The van der Waals surface area contributed by atoms with Crippen LogP contribution in [0.25, 0.3) is 0 Å². The highest BCUT2D eigenvalue weighted by Crippen LogP contribution is 2.24. The first-order valence-electron chi connectivity index (χ1n) is 7.92. The zero-order valence-corrected chi connectivity index (χ0v) is 15.9. The summed E-state index contributed by atoms with van der Waals surface area (Å²) in [4.78, 5) is 25.7. The first-order chi connectivity index (χ1) is 11.6. The van der Waals surface area contributed by atoms with Crippen LogP contribution in [-0.4, -0.2) is 41.3 Å². The molecule has 2 rings (SSSR count). The van der Waals surface area contributed by atoms with E-state index in [1.165, 1.54) is 6.07 Å². The Morgan fingerprint density at radius 1 is 1.40 bits per heavy atom. The maximum atomic E-state index is 13.8. The summed E-state index contributed by atoms with van der Waals surface area (Å²) in [5.41, 5.74) is -0.451. The van der Waals surface area contributed by atoms with E-state index in [-0.39, 0.29) is 19.5 Å². The summed E-state index contributed by atoms with van der Waals surface area (Å²) in [6.07, 6.45) is -2.14. The third-order valence-electron chi connectivity index (χ3n) is 3.64. The lowest BCUT2D eigenvalue weighted by atomic mass is 10.1. The van der Waals surface area contributed by atoms with E-state index in [1.54, 1.807) is 32.9 Å². The molecular formula is C17H21BrF2N2O3. The van der Waals surface area contributed by atoms with E-state index in [0.29, 0.717) is 10.0 Å². The molecule has 1 heterocycles. The number of hydrogen-bond acceptors (Lipinski definition) is 3. The van der Waals surface area contributed by atoms with Crippen LogP contribution in [0.4, 0.5) is 13.6 Å². The highest BCUT2D eigenvalue weighted by molar-refractivity contribution is 9.10. The van der Waals surface area contributed by atoms with Crippen molar-refractivity contribution in [3.63, 3.8) is 0 Å². The highest BCUT2D eigenvalue weighted by atomic mass is 79.9. The van der Waals surface area contributed by atoms with E-state index in [4.69, 9.17) is 4.74 Å². The van der Waals surface area contributed by atoms with Crippen LogP contribution in [0.15, 0.2) is 22.7 Å². The molecule has 0 saturated carbocycles. The minimum absolute atomic E-state index is 0.0558. The molecule has 0 bridgehead atoms. The van der Waals surface area contributed by atoms with Gasteiger partial charge in [0.05, 0.1) is 6.54 Å². The summed E-state index contributed by atoms with van der Waals surface area (Å²) >= 11 is 3.24. The number of carbonyl (C=O) groups is 2. The van der Waals surface area contributed by atoms with Crippen LogP contribution in [0.1, 0.15) is 32.8 Å². The summed E-state index contributed by atoms with van der Waals surface area (Å²) in [5.74, 6) is -0.993. The van der Waals surface area contributed by atoms with Crippen molar-refractivity contribution in [3.8, 4) is 0 Å². The van der Waals surface area contributed by atoms with Crippen LogP contribution in [-0.2, 0) is 16.1 Å². The fourth-order valence-electron chi connectivity index (χ4n) is 2.53. The van der Waals surface area contributed by atoms with Gasteiger partial charge in [-0.05, 0) is 39.0 Å². The van der Waals surface area contributed by atoms with Crippen molar-refractivity contribution in [2.24, 2.45) is 0 Å². The molecule has 8 heteroatoms. The van der Waals surface area contributed by atoms with Gasteiger partial charge in [0.15, 0.2) is 0 Å². The lowest BCUT2D eigenvalue weighted by Gasteiger charge is -2.27. The minimum Gasteiger partial charge on any atom is -0.444 e. The lowest BCUT2D eigenvalue weighted by molar-refractivity contribution is -0.125. The number of alkyl halides is 1. The van der Waals surface area contributed by atoms with Crippen LogP contribution < -0.4 is 5.32 Å². The molecule has 2 atom stereocenters. The van der Waals surface area contributed by atoms with Crippen LogP contribution in [0, 0.1) is 5.82 Å². The zero-order chi connectivity index (χ0) is 18.8. The lowest BCUT2D eigenvalue weighted by Crippen LogP contribution is -2.47. The second-order valence-corrected chi connectivity index (χ2v) is 7.85. The molecule has 138 valence electrons. The molecule has 1 fully saturated rings. The predicted octanol–water partition coefficient (Wildman–Crippen LogP) is 3.55. The molecule has 1 aromatic rings. The maximum absolute atomic E-state index is 13.8. The van der Waals surface area contributed by atoms with E-state index in [2.05, 4.69) is 21.2 Å². The molecule has 0 unspecified atom stereocenters. The summed E-state index contributed by atoms with van der Waals surface area (Å²) in [5, 5.41) is 2.56. The van der Waals surface area contributed by atoms with Crippen LogP contribution in [0.3, 0.4) is 0 Å². The fraction of sp³-hybridized carbons (Fsp3) is 0.529. The van der Waals surface area contributed by atoms with Crippen molar-refractivity contribution in [2.75, 3.05) is 6.54 Å². The second-order valence-electron chi connectivity index (χ2n) is 6.94. The normalized spacial score (nSPS) is 20.5. The van der Waals surface area contributed by atoms with Gasteiger partial charge >= 0.3 is 6.09 Å². The molecule has 1 aliphatic rings. The van der Waals surface area contributed by atoms with Crippen molar-refractivity contribution in [3.05, 3.63) is 34.1 Å². The van der Waals surface area contributed by atoms with Gasteiger partial charge in [0.1, 0.15) is 23.6 Å². The van der Waals surface area contributed by atoms with Crippen molar-refractivity contribution in [2.45, 2.75) is 51.6 Å². The Bertz CT molecular complexity index is 664. The Kier molecular flexibility index (Phi) is 6.03. The third-order valence-corrected chi connectivity index (χ3v) is 4.13. The Morgan fingerprint density at radius 2 is 2.08 bits per heavy atom. The van der Waals surface area contributed by atoms with E-state index >= 15 is 0 Å². The molecular weight excluding hydrogens is 398 g/mol. The Balaban J connectivity index is 2.03. The summed E-state index contributed by atoms with van der Waals surface area (Å²) in [6.45, 7) is 4.83. The van der Waals surface area contributed by atoms with Gasteiger partial charge in [-0.15, -0.1) is 0 Å². The number of nitrogens with zero attached hydrogens (tertiary/aromatic N) is 1. The van der Waals surface area contributed by atoms with Crippen molar-refractivity contribution < 1.29 is 23.1 Å². The minimum atomic E-state index is -1.30. The highest BCUT2D eigenvalue weighted by Gasteiger charge is 2.41. The van der Waals surface area contributed by atoms with Gasteiger partial charge in [-0.1, -0.05) is 15.9 Å². The number of nitrogens with one attached hydrogen (secondary N) is 1. The van der Waals surface area contributed by atoms with Gasteiger partial charge < -0.3 is 10.1 Å². The van der Waals surface area contributed by atoms with E-state index < -0.39 is 35.6 Å². The quantitative estimate of drug-likeness (QED) is 0.816. The molecule has 0 aromatic heterocycles. The number of carbonyl (C=O) groups excluding carboxylic acids is 2. The molecule has 5 nitrogen and oxygen atoms in total. The number of rotatable bonds is 3. The first-order valence-corrected chi connectivity index (χ1v) is 8.71. The average Bonchev–Trinajstić information content (AvgIpc) is 2.88. The second kappa shape index (κ2) is 7.68. The van der Waals surface area contributed by atoms with Gasteiger partial charge in [0.2, 0.25) is 5.91 Å². The molecule has 2 amide bonds. The molecule has 25 heavy (non-hydrogen) atoms.